The maximum atomic E-state index is 12.0. The molecule has 0 aliphatic heterocycles. The second kappa shape index (κ2) is 3.88. The molecule has 2 N–H and O–H groups in total. The fourth-order valence-electron chi connectivity index (χ4n) is 0.482. The van der Waals surface area contributed by atoms with Crippen LogP contribution in [0.1, 0.15) is 13.8 Å². The van der Waals surface area contributed by atoms with Crippen molar-refractivity contribution in [1.29, 1.82) is 0 Å². The Morgan fingerprint density at radius 2 is 1.90 bits per heavy atom. The molecule has 0 heterocycles. The molecule has 0 aromatic carbocycles. The predicted octanol–water partition coefficient (Wildman–Crippen LogP) is 2.28. The molecule has 0 atom stereocenters. The summed E-state index contributed by atoms with van der Waals surface area (Å²) in [5.74, 6) is -0.668. The summed E-state index contributed by atoms with van der Waals surface area (Å²) in [6, 6.07) is 0. The van der Waals surface area contributed by atoms with Crippen molar-refractivity contribution in [3.8, 4) is 0 Å². The minimum Gasteiger partial charge on any atom is -0.376 e. The lowest BCUT2D eigenvalue weighted by Crippen LogP contribution is -1.89. The highest BCUT2D eigenvalue weighted by Gasteiger charge is 1.89. The lowest BCUT2D eigenvalue weighted by Gasteiger charge is -1.95. The van der Waals surface area contributed by atoms with E-state index in [1.165, 1.54) is 6.08 Å². The Bertz CT molecular complexity index is 185. The second-order valence-electron chi connectivity index (χ2n) is 2.10. The third-order valence-corrected chi connectivity index (χ3v) is 1.28. The zero-order chi connectivity index (χ0) is 8.15. The van der Waals surface area contributed by atoms with Crippen LogP contribution in [0.2, 0.25) is 0 Å². The lowest BCUT2D eigenvalue weighted by atomic mass is 10.1. The second-order valence-corrected chi connectivity index (χ2v) is 2.10. The van der Waals surface area contributed by atoms with E-state index in [0.717, 1.165) is 11.1 Å². The molecule has 0 saturated heterocycles. The van der Waals surface area contributed by atoms with Crippen LogP contribution in [0.5, 0.6) is 0 Å². The molecule has 0 amide bonds. The normalized spacial score (nSPS) is 14.5. The molecule has 10 heavy (non-hydrogen) atoms. The van der Waals surface area contributed by atoms with Crippen LogP contribution < -0.4 is 5.73 Å². The number of hydrogen-bond donors (Lipinski definition) is 1. The molecule has 2 heteroatoms. The van der Waals surface area contributed by atoms with Crippen LogP contribution in [-0.4, -0.2) is 0 Å². The van der Waals surface area contributed by atoms with Crippen LogP contribution >= 0.6 is 0 Å². The lowest BCUT2D eigenvalue weighted by molar-refractivity contribution is 0.626. The zero-order valence-corrected chi connectivity index (χ0v) is 6.32. The largest absolute Gasteiger partial charge is 0.376 e. The third-order valence-electron chi connectivity index (χ3n) is 1.28. The minimum absolute atomic E-state index is 0.668. The molecule has 0 spiro atoms. The van der Waals surface area contributed by atoms with E-state index in [2.05, 4.69) is 6.58 Å². The summed E-state index contributed by atoms with van der Waals surface area (Å²) < 4.78 is 12.0. The van der Waals surface area contributed by atoms with Crippen molar-refractivity contribution < 1.29 is 4.39 Å². The highest BCUT2D eigenvalue weighted by Crippen LogP contribution is 2.06. The smallest absolute Gasteiger partial charge is 0.184 e. The highest BCUT2D eigenvalue weighted by molar-refractivity contribution is 5.29. The zero-order valence-electron chi connectivity index (χ0n) is 6.32. The van der Waals surface area contributed by atoms with Gasteiger partial charge in [-0.25, -0.2) is 0 Å². The van der Waals surface area contributed by atoms with E-state index in [-0.39, 0.29) is 0 Å². The number of nitrogens with two attached hydrogens (primary N) is 1. The first-order valence-corrected chi connectivity index (χ1v) is 3.00. The van der Waals surface area contributed by atoms with Gasteiger partial charge in [0.2, 0.25) is 0 Å². The molecule has 0 fully saturated rings. The first-order chi connectivity index (χ1) is 4.57. The van der Waals surface area contributed by atoms with Gasteiger partial charge in [-0.05, 0) is 31.1 Å². The molecule has 0 aliphatic rings. The molecule has 56 valence electrons. The Kier molecular flexibility index (Phi) is 3.47. The van der Waals surface area contributed by atoms with Crippen molar-refractivity contribution in [3.05, 3.63) is 35.8 Å². The molecule has 0 rings (SSSR count). The Morgan fingerprint density at radius 1 is 1.40 bits per heavy atom. The van der Waals surface area contributed by atoms with E-state index in [1.807, 2.05) is 6.92 Å². The molecular formula is C8H12FN. The van der Waals surface area contributed by atoms with Crippen molar-refractivity contribution in [3.63, 3.8) is 0 Å². The monoisotopic (exact) mass is 141 g/mol. The van der Waals surface area contributed by atoms with E-state index >= 15 is 0 Å². The molecule has 0 unspecified atom stereocenters. The SMILES string of the molecule is C=C/C(C)=C(C)\C=C(/N)F. The minimum atomic E-state index is -0.668. The van der Waals surface area contributed by atoms with Gasteiger partial charge in [0.25, 0.3) is 0 Å². The van der Waals surface area contributed by atoms with Gasteiger partial charge in [0, 0.05) is 0 Å². The van der Waals surface area contributed by atoms with Crippen LogP contribution in [0.15, 0.2) is 35.8 Å². The summed E-state index contributed by atoms with van der Waals surface area (Å²) >= 11 is 0. The van der Waals surface area contributed by atoms with Gasteiger partial charge in [0.1, 0.15) is 0 Å². The fourth-order valence-corrected chi connectivity index (χ4v) is 0.482. The molecule has 0 saturated carbocycles. The van der Waals surface area contributed by atoms with Gasteiger partial charge in [-0.1, -0.05) is 12.7 Å². The van der Waals surface area contributed by atoms with Gasteiger partial charge in [-0.2, -0.15) is 4.39 Å². The molecule has 1 nitrogen and oxygen atoms in total. The van der Waals surface area contributed by atoms with Gasteiger partial charge in [-0.3, -0.25) is 0 Å². The Morgan fingerprint density at radius 3 is 2.20 bits per heavy atom. The quantitative estimate of drug-likeness (QED) is 0.463. The molecule has 0 aromatic heterocycles. The van der Waals surface area contributed by atoms with Gasteiger partial charge >= 0.3 is 0 Å². The van der Waals surface area contributed by atoms with Crippen molar-refractivity contribution in [2.45, 2.75) is 13.8 Å². The van der Waals surface area contributed by atoms with Gasteiger partial charge in [-0.15, -0.1) is 0 Å². The summed E-state index contributed by atoms with van der Waals surface area (Å²) in [5.41, 5.74) is 6.54. The topological polar surface area (TPSA) is 26.0 Å². The maximum Gasteiger partial charge on any atom is 0.184 e. The van der Waals surface area contributed by atoms with E-state index in [4.69, 9.17) is 5.73 Å². The third kappa shape index (κ3) is 3.07. The van der Waals surface area contributed by atoms with Crippen LogP contribution in [0.3, 0.4) is 0 Å². The molecule has 0 aliphatic carbocycles. The predicted molar refractivity (Wildman–Crippen MR) is 41.9 cm³/mol. The first kappa shape index (κ1) is 8.95. The summed E-state index contributed by atoms with van der Waals surface area (Å²) in [6.45, 7) is 7.17. The number of halogens is 1. The van der Waals surface area contributed by atoms with E-state index < -0.39 is 5.95 Å². The van der Waals surface area contributed by atoms with Crippen molar-refractivity contribution in [1.82, 2.24) is 0 Å². The van der Waals surface area contributed by atoms with Crippen molar-refractivity contribution in [2.24, 2.45) is 5.73 Å². The number of allylic oxidation sites excluding steroid dienone is 4. The van der Waals surface area contributed by atoms with Crippen LogP contribution in [0, 0.1) is 0 Å². The van der Waals surface area contributed by atoms with Gasteiger partial charge in [0.15, 0.2) is 5.95 Å². The van der Waals surface area contributed by atoms with Crippen LogP contribution in [0.4, 0.5) is 4.39 Å². The van der Waals surface area contributed by atoms with Crippen LogP contribution in [-0.2, 0) is 0 Å². The average molecular weight is 141 g/mol. The Hall–Kier alpha value is -1.05. The summed E-state index contributed by atoms with van der Waals surface area (Å²) in [6.07, 6.45) is 2.94. The van der Waals surface area contributed by atoms with Crippen molar-refractivity contribution in [2.75, 3.05) is 0 Å². The van der Waals surface area contributed by atoms with Gasteiger partial charge in [0.05, 0.1) is 0 Å². The Balaban J connectivity index is 4.48. The number of rotatable bonds is 2. The van der Waals surface area contributed by atoms with Crippen LogP contribution in [0.25, 0.3) is 0 Å². The first-order valence-electron chi connectivity index (χ1n) is 3.00. The van der Waals surface area contributed by atoms with E-state index in [9.17, 15) is 4.39 Å². The van der Waals surface area contributed by atoms with Gasteiger partial charge < -0.3 is 5.73 Å². The van der Waals surface area contributed by atoms with E-state index in [1.54, 1.807) is 13.0 Å². The van der Waals surface area contributed by atoms with Crippen molar-refractivity contribution >= 4 is 0 Å². The molecule has 0 radical (unpaired) electrons. The maximum absolute atomic E-state index is 12.0. The highest BCUT2D eigenvalue weighted by atomic mass is 19.1. The standard InChI is InChI=1S/C8H12FN/c1-4-6(2)7(3)5-8(9)10/h4-5H,1,10H2,2-3H3/b7-6-,8-5-. The Labute approximate surface area is 60.7 Å². The number of hydrogen-bond acceptors (Lipinski definition) is 1. The molecular weight excluding hydrogens is 129 g/mol. The summed E-state index contributed by atoms with van der Waals surface area (Å²) in [4.78, 5) is 0. The molecule has 0 bridgehead atoms. The molecule has 0 aromatic rings. The average Bonchev–Trinajstić information content (AvgIpc) is 1.85. The summed E-state index contributed by atoms with van der Waals surface area (Å²) in [7, 11) is 0. The fraction of sp³-hybridized carbons (Fsp3) is 0.250. The summed E-state index contributed by atoms with van der Waals surface area (Å²) in [5, 5.41) is 0. The van der Waals surface area contributed by atoms with E-state index in [0.29, 0.717) is 0 Å².